The highest BCUT2D eigenvalue weighted by Crippen LogP contribution is 2.22. The molecular weight excluding hydrogens is 304 g/mol. The SMILES string of the molecule is CCCC[C@@H](CC)CNS(=O)(=O)c1ccc(C)c([N+](=O)[O-])c1. The van der Waals surface area contributed by atoms with Gasteiger partial charge in [-0.25, -0.2) is 13.1 Å². The van der Waals surface area contributed by atoms with Crippen LogP contribution in [0.2, 0.25) is 0 Å². The van der Waals surface area contributed by atoms with Gasteiger partial charge in [-0.1, -0.05) is 39.2 Å². The van der Waals surface area contributed by atoms with Crippen molar-refractivity contribution < 1.29 is 13.3 Å². The molecule has 0 heterocycles. The Morgan fingerprint density at radius 3 is 2.55 bits per heavy atom. The first-order valence-electron chi connectivity index (χ1n) is 7.56. The maximum Gasteiger partial charge on any atom is 0.273 e. The number of hydrogen-bond donors (Lipinski definition) is 1. The lowest BCUT2D eigenvalue weighted by Crippen LogP contribution is -2.29. The lowest BCUT2D eigenvalue weighted by molar-refractivity contribution is -0.385. The van der Waals surface area contributed by atoms with Gasteiger partial charge in [0.15, 0.2) is 0 Å². The number of unbranched alkanes of at least 4 members (excludes halogenated alkanes) is 1. The van der Waals surface area contributed by atoms with Gasteiger partial charge in [0.05, 0.1) is 9.82 Å². The second kappa shape index (κ2) is 8.24. The van der Waals surface area contributed by atoms with Crippen molar-refractivity contribution in [3.8, 4) is 0 Å². The summed E-state index contributed by atoms with van der Waals surface area (Å²) in [6.45, 7) is 6.08. The van der Waals surface area contributed by atoms with Crippen molar-refractivity contribution in [3.63, 3.8) is 0 Å². The van der Waals surface area contributed by atoms with Crippen LogP contribution >= 0.6 is 0 Å². The van der Waals surface area contributed by atoms with Gasteiger partial charge < -0.3 is 0 Å². The lowest BCUT2D eigenvalue weighted by atomic mass is 10.00. The summed E-state index contributed by atoms with van der Waals surface area (Å²) in [5, 5.41) is 10.9. The zero-order valence-corrected chi connectivity index (χ0v) is 14.1. The molecule has 1 rings (SSSR count). The van der Waals surface area contributed by atoms with E-state index in [1.165, 1.54) is 12.1 Å². The fourth-order valence-electron chi connectivity index (χ4n) is 2.21. The van der Waals surface area contributed by atoms with Crippen molar-refractivity contribution in [2.24, 2.45) is 5.92 Å². The molecule has 0 fully saturated rings. The summed E-state index contributed by atoms with van der Waals surface area (Å²) in [6, 6.07) is 3.98. The number of benzene rings is 1. The largest absolute Gasteiger partial charge is 0.273 e. The number of hydrogen-bond acceptors (Lipinski definition) is 4. The summed E-state index contributed by atoms with van der Waals surface area (Å²) < 4.78 is 27.1. The van der Waals surface area contributed by atoms with Gasteiger partial charge in [0, 0.05) is 18.2 Å². The van der Waals surface area contributed by atoms with Gasteiger partial charge >= 0.3 is 0 Å². The summed E-state index contributed by atoms with van der Waals surface area (Å²) in [4.78, 5) is 10.3. The zero-order valence-electron chi connectivity index (χ0n) is 13.3. The van der Waals surface area contributed by atoms with Crippen LogP contribution in [0.1, 0.15) is 45.1 Å². The summed E-state index contributed by atoms with van der Waals surface area (Å²) in [5.41, 5.74) is 0.263. The minimum Gasteiger partial charge on any atom is -0.258 e. The fourth-order valence-corrected chi connectivity index (χ4v) is 3.34. The van der Waals surface area contributed by atoms with E-state index in [-0.39, 0.29) is 16.5 Å². The molecule has 0 saturated heterocycles. The van der Waals surface area contributed by atoms with Crippen LogP contribution in [0, 0.1) is 23.0 Å². The van der Waals surface area contributed by atoms with Crippen molar-refractivity contribution in [1.82, 2.24) is 4.72 Å². The normalized spacial score (nSPS) is 13.0. The highest BCUT2D eigenvalue weighted by atomic mass is 32.2. The predicted molar refractivity (Wildman–Crippen MR) is 86.3 cm³/mol. The van der Waals surface area contributed by atoms with E-state index in [2.05, 4.69) is 11.6 Å². The van der Waals surface area contributed by atoms with E-state index in [0.29, 0.717) is 12.1 Å². The van der Waals surface area contributed by atoms with Gasteiger partial charge in [-0.2, -0.15) is 0 Å². The van der Waals surface area contributed by atoms with Crippen LogP contribution in [0.15, 0.2) is 23.1 Å². The standard InChI is InChI=1S/C15H24N2O4S/c1-4-6-7-13(5-2)11-16-22(20,21)14-9-8-12(3)15(10-14)17(18)19/h8-10,13,16H,4-7,11H2,1-3H3/t13-/m1/s1. The Labute approximate surface area is 132 Å². The Morgan fingerprint density at radius 2 is 2.00 bits per heavy atom. The minimum absolute atomic E-state index is 0.0601. The molecule has 0 aliphatic rings. The van der Waals surface area contributed by atoms with Crippen LogP contribution in [0.25, 0.3) is 0 Å². The summed E-state index contributed by atoms with van der Waals surface area (Å²) in [6.07, 6.45) is 4.02. The van der Waals surface area contributed by atoms with Crippen molar-refractivity contribution in [2.75, 3.05) is 6.54 Å². The van der Waals surface area contributed by atoms with Crippen molar-refractivity contribution in [2.45, 2.75) is 51.3 Å². The second-order valence-electron chi connectivity index (χ2n) is 5.47. The van der Waals surface area contributed by atoms with Crippen LogP contribution in [-0.4, -0.2) is 19.9 Å². The molecule has 0 saturated carbocycles. The number of aryl methyl sites for hydroxylation is 1. The summed E-state index contributed by atoms with van der Waals surface area (Å²) in [5.74, 6) is 0.287. The topological polar surface area (TPSA) is 89.3 Å². The minimum atomic E-state index is -3.72. The zero-order chi connectivity index (χ0) is 16.8. The highest BCUT2D eigenvalue weighted by molar-refractivity contribution is 7.89. The van der Waals surface area contributed by atoms with E-state index in [1.54, 1.807) is 6.92 Å². The average molecular weight is 328 g/mol. The molecule has 0 spiro atoms. The Bertz CT molecular complexity index is 614. The number of nitrogens with zero attached hydrogens (tertiary/aromatic N) is 1. The van der Waals surface area contributed by atoms with Crippen LogP contribution in [0.5, 0.6) is 0 Å². The molecule has 1 aromatic rings. The van der Waals surface area contributed by atoms with Gasteiger partial charge in [0.25, 0.3) is 5.69 Å². The first kappa shape index (κ1) is 18.6. The molecule has 0 aliphatic carbocycles. The van der Waals surface area contributed by atoms with Crippen molar-refractivity contribution in [3.05, 3.63) is 33.9 Å². The molecule has 0 aromatic heterocycles. The molecule has 124 valence electrons. The van der Waals surface area contributed by atoms with Crippen molar-refractivity contribution >= 4 is 15.7 Å². The third kappa shape index (κ3) is 5.06. The monoisotopic (exact) mass is 328 g/mol. The molecule has 0 radical (unpaired) electrons. The molecule has 0 unspecified atom stereocenters. The average Bonchev–Trinajstić information content (AvgIpc) is 2.47. The van der Waals surface area contributed by atoms with E-state index >= 15 is 0 Å². The number of nitro benzene ring substituents is 1. The van der Waals surface area contributed by atoms with Crippen LogP contribution < -0.4 is 4.72 Å². The summed E-state index contributed by atoms with van der Waals surface area (Å²) in [7, 11) is -3.72. The van der Waals surface area contributed by atoms with E-state index in [0.717, 1.165) is 31.7 Å². The Kier molecular flexibility index (Phi) is 6.96. The van der Waals surface area contributed by atoms with Gasteiger partial charge in [-0.3, -0.25) is 10.1 Å². The lowest BCUT2D eigenvalue weighted by Gasteiger charge is -2.15. The molecular formula is C15H24N2O4S. The molecule has 1 aromatic carbocycles. The van der Waals surface area contributed by atoms with E-state index in [9.17, 15) is 18.5 Å². The molecule has 6 nitrogen and oxygen atoms in total. The molecule has 0 amide bonds. The van der Waals surface area contributed by atoms with E-state index in [1.807, 2.05) is 6.92 Å². The van der Waals surface area contributed by atoms with Crippen LogP contribution in [0.3, 0.4) is 0 Å². The Hall–Kier alpha value is -1.47. The molecule has 1 N–H and O–H groups in total. The van der Waals surface area contributed by atoms with Gasteiger partial charge in [0.1, 0.15) is 0 Å². The maximum atomic E-state index is 12.3. The first-order chi connectivity index (χ1) is 10.3. The van der Waals surface area contributed by atoms with Gasteiger partial charge in [-0.15, -0.1) is 0 Å². The fraction of sp³-hybridized carbons (Fsp3) is 0.600. The number of nitro groups is 1. The van der Waals surface area contributed by atoms with E-state index < -0.39 is 14.9 Å². The van der Waals surface area contributed by atoms with Gasteiger partial charge in [-0.05, 0) is 25.3 Å². The predicted octanol–water partition coefficient (Wildman–Crippen LogP) is 3.40. The first-order valence-corrected chi connectivity index (χ1v) is 9.04. The van der Waals surface area contributed by atoms with Crippen LogP contribution in [0.4, 0.5) is 5.69 Å². The Balaban J connectivity index is 2.86. The third-order valence-electron chi connectivity index (χ3n) is 3.79. The number of nitrogens with one attached hydrogen (secondary N) is 1. The van der Waals surface area contributed by atoms with E-state index in [4.69, 9.17) is 0 Å². The van der Waals surface area contributed by atoms with Gasteiger partial charge in [0.2, 0.25) is 10.0 Å². The summed E-state index contributed by atoms with van der Waals surface area (Å²) >= 11 is 0. The molecule has 0 aliphatic heterocycles. The smallest absolute Gasteiger partial charge is 0.258 e. The highest BCUT2D eigenvalue weighted by Gasteiger charge is 2.20. The number of sulfonamides is 1. The molecule has 22 heavy (non-hydrogen) atoms. The van der Waals surface area contributed by atoms with Crippen molar-refractivity contribution in [1.29, 1.82) is 0 Å². The number of rotatable bonds is 9. The third-order valence-corrected chi connectivity index (χ3v) is 5.21. The second-order valence-corrected chi connectivity index (χ2v) is 7.24. The Morgan fingerprint density at radius 1 is 1.32 bits per heavy atom. The van der Waals surface area contributed by atoms with Crippen LogP contribution in [-0.2, 0) is 10.0 Å². The molecule has 7 heteroatoms. The quantitative estimate of drug-likeness (QED) is 0.556. The molecule has 0 bridgehead atoms. The molecule has 1 atom stereocenters. The maximum absolute atomic E-state index is 12.3.